The maximum Gasteiger partial charge on any atom is 0.126 e. The van der Waals surface area contributed by atoms with E-state index in [-0.39, 0.29) is 0 Å². The Hall–Kier alpha value is -1.25. The Kier molecular flexibility index (Phi) is 2.73. The van der Waals surface area contributed by atoms with Crippen LogP contribution in [0.15, 0.2) is 12.3 Å². The molecule has 108 valence electrons. The van der Waals surface area contributed by atoms with Gasteiger partial charge in [0.15, 0.2) is 0 Å². The van der Waals surface area contributed by atoms with Gasteiger partial charge in [-0.15, -0.1) is 0 Å². The number of pyridine rings is 1. The van der Waals surface area contributed by atoms with Crippen molar-refractivity contribution >= 4 is 11.5 Å². The first-order valence-corrected chi connectivity index (χ1v) is 8.06. The average molecular weight is 271 g/mol. The monoisotopic (exact) mass is 271 g/mol. The molecule has 0 unspecified atom stereocenters. The van der Waals surface area contributed by atoms with Gasteiger partial charge in [-0.05, 0) is 74.3 Å². The van der Waals surface area contributed by atoms with Gasteiger partial charge in [0.25, 0.3) is 0 Å². The summed E-state index contributed by atoms with van der Waals surface area (Å²) < 4.78 is 0. The van der Waals surface area contributed by atoms with E-state index in [1.54, 1.807) is 0 Å². The standard InChI is InChI=1S/C17H25N3/c1-10-3-15(9-19-17(10)18)20(2)16-13-5-11-4-12(7-13)8-14(16)6-11/h3,9,11-14,16H,4-8H2,1-2H3,(H2,18,19). The molecule has 4 aliphatic rings. The molecule has 0 spiro atoms. The highest BCUT2D eigenvalue weighted by Crippen LogP contribution is 2.55. The Balaban J connectivity index is 1.62. The van der Waals surface area contributed by atoms with Gasteiger partial charge in [0, 0.05) is 13.1 Å². The summed E-state index contributed by atoms with van der Waals surface area (Å²) in [6.07, 6.45) is 9.32. The molecule has 0 radical (unpaired) electrons. The predicted octanol–water partition coefficient (Wildman–Crippen LogP) is 3.23. The van der Waals surface area contributed by atoms with E-state index in [0.29, 0.717) is 5.82 Å². The van der Waals surface area contributed by atoms with Crippen LogP contribution in [-0.2, 0) is 0 Å². The van der Waals surface area contributed by atoms with Gasteiger partial charge in [0.05, 0.1) is 11.9 Å². The lowest BCUT2D eigenvalue weighted by Crippen LogP contribution is -2.55. The van der Waals surface area contributed by atoms with Crippen molar-refractivity contribution < 1.29 is 0 Å². The van der Waals surface area contributed by atoms with Crippen LogP contribution in [0.1, 0.15) is 37.7 Å². The molecule has 1 aromatic rings. The summed E-state index contributed by atoms with van der Waals surface area (Å²) in [7, 11) is 2.26. The Morgan fingerprint density at radius 1 is 1.10 bits per heavy atom. The van der Waals surface area contributed by atoms with Crippen molar-refractivity contribution in [3.8, 4) is 0 Å². The largest absolute Gasteiger partial charge is 0.383 e. The van der Waals surface area contributed by atoms with Crippen LogP contribution in [0, 0.1) is 30.6 Å². The van der Waals surface area contributed by atoms with E-state index >= 15 is 0 Å². The summed E-state index contributed by atoms with van der Waals surface area (Å²) in [6.45, 7) is 2.05. The van der Waals surface area contributed by atoms with Crippen LogP contribution in [0.2, 0.25) is 0 Å². The lowest BCUT2D eigenvalue weighted by Gasteiger charge is -2.57. The topological polar surface area (TPSA) is 42.2 Å². The Morgan fingerprint density at radius 3 is 2.25 bits per heavy atom. The third kappa shape index (κ3) is 1.82. The summed E-state index contributed by atoms with van der Waals surface area (Å²) in [4.78, 5) is 6.85. The van der Waals surface area contributed by atoms with Gasteiger partial charge in [0.2, 0.25) is 0 Å². The second kappa shape index (κ2) is 4.37. The molecule has 0 saturated heterocycles. The highest BCUT2D eigenvalue weighted by molar-refractivity contribution is 5.53. The third-order valence-electron chi connectivity index (χ3n) is 6.14. The summed E-state index contributed by atoms with van der Waals surface area (Å²) in [5.41, 5.74) is 8.19. The fraction of sp³-hybridized carbons (Fsp3) is 0.706. The van der Waals surface area contributed by atoms with Gasteiger partial charge in [0.1, 0.15) is 5.82 Å². The highest BCUT2D eigenvalue weighted by atomic mass is 15.2. The van der Waals surface area contributed by atoms with Crippen molar-refractivity contribution in [3.05, 3.63) is 17.8 Å². The fourth-order valence-electron chi connectivity index (χ4n) is 5.46. The molecule has 4 aliphatic carbocycles. The highest BCUT2D eigenvalue weighted by Gasteiger charge is 2.49. The molecule has 3 nitrogen and oxygen atoms in total. The molecule has 4 saturated carbocycles. The molecule has 1 heterocycles. The number of hydrogen-bond donors (Lipinski definition) is 1. The van der Waals surface area contributed by atoms with Gasteiger partial charge < -0.3 is 10.6 Å². The summed E-state index contributed by atoms with van der Waals surface area (Å²) in [5.74, 6) is 4.55. The average Bonchev–Trinajstić information content (AvgIpc) is 2.40. The fourth-order valence-corrected chi connectivity index (χ4v) is 5.46. The number of anilines is 2. The van der Waals surface area contributed by atoms with E-state index in [4.69, 9.17) is 5.73 Å². The minimum atomic E-state index is 0.659. The zero-order valence-corrected chi connectivity index (χ0v) is 12.5. The lowest BCUT2D eigenvalue weighted by atomic mass is 9.54. The molecule has 0 aromatic carbocycles. The van der Waals surface area contributed by atoms with Gasteiger partial charge in [-0.3, -0.25) is 0 Å². The van der Waals surface area contributed by atoms with Crippen LogP contribution >= 0.6 is 0 Å². The van der Waals surface area contributed by atoms with E-state index in [1.165, 1.54) is 37.8 Å². The van der Waals surface area contributed by atoms with Crippen LogP contribution in [0.25, 0.3) is 0 Å². The van der Waals surface area contributed by atoms with Gasteiger partial charge in [-0.1, -0.05) is 0 Å². The van der Waals surface area contributed by atoms with Crippen molar-refractivity contribution in [1.82, 2.24) is 4.98 Å². The molecule has 2 N–H and O–H groups in total. The van der Waals surface area contributed by atoms with Crippen LogP contribution in [0.5, 0.6) is 0 Å². The molecular weight excluding hydrogens is 246 g/mol. The van der Waals surface area contributed by atoms with Crippen molar-refractivity contribution in [2.45, 2.75) is 45.1 Å². The first kappa shape index (κ1) is 12.5. The molecular formula is C17H25N3. The SMILES string of the molecule is Cc1cc(N(C)C2C3CC4CC(C3)CC2C4)cnc1N. The second-order valence-corrected chi connectivity index (χ2v) is 7.43. The summed E-state index contributed by atoms with van der Waals surface area (Å²) >= 11 is 0. The normalized spacial score (nSPS) is 38.2. The number of nitrogens with zero attached hydrogens (tertiary/aromatic N) is 2. The van der Waals surface area contributed by atoms with Crippen LogP contribution in [0.3, 0.4) is 0 Å². The molecule has 0 aliphatic heterocycles. The number of hydrogen-bond acceptors (Lipinski definition) is 3. The third-order valence-corrected chi connectivity index (χ3v) is 6.14. The predicted molar refractivity (Wildman–Crippen MR) is 82.6 cm³/mol. The molecule has 3 heteroatoms. The van der Waals surface area contributed by atoms with Crippen molar-refractivity contribution in [2.24, 2.45) is 23.7 Å². The number of aryl methyl sites for hydroxylation is 1. The Bertz CT molecular complexity index is 497. The van der Waals surface area contributed by atoms with E-state index in [0.717, 1.165) is 35.3 Å². The Labute approximate surface area is 121 Å². The lowest BCUT2D eigenvalue weighted by molar-refractivity contribution is -0.00123. The molecule has 1 aromatic heterocycles. The molecule has 0 atom stereocenters. The maximum absolute atomic E-state index is 5.85. The van der Waals surface area contributed by atoms with E-state index in [2.05, 4.69) is 29.9 Å². The van der Waals surface area contributed by atoms with Gasteiger partial charge >= 0.3 is 0 Å². The molecule has 20 heavy (non-hydrogen) atoms. The molecule has 4 bridgehead atoms. The van der Waals surface area contributed by atoms with Crippen LogP contribution < -0.4 is 10.6 Å². The molecule has 5 rings (SSSR count). The van der Waals surface area contributed by atoms with E-state index in [9.17, 15) is 0 Å². The minimum absolute atomic E-state index is 0.659. The van der Waals surface area contributed by atoms with Gasteiger partial charge in [-0.2, -0.15) is 0 Å². The zero-order valence-electron chi connectivity index (χ0n) is 12.5. The van der Waals surface area contributed by atoms with E-state index in [1.807, 2.05) is 6.20 Å². The molecule has 0 amide bonds. The summed E-state index contributed by atoms with van der Waals surface area (Å²) in [5, 5.41) is 0. The minimum Gasteiger partial charge on any atom is -0.383 e. The maximum atomic E-state index is 5.85. The number of nitrogen functional groups attached to an aromatic ring is 1. The van der Waals surface area contributed by atoms with Crippen molar-refractivity contribution in [2.75, 3.05) is 17.7 Å². The molecule has 4 fully saturated rings. The van der Waals surface area contributed by atoms with Crippen molar-refractivity contribution in [3.63, 3.8) is 0 Å². The first-order valence-electron chi connectivity index (χ1n) is 8.06. The number of aromatic nitrogens is 1. The van der Waals surface area contributed by atoms with Crippen LogP contribution in [0.4, 0.5) is 11.5 Å². The quantitative estimate of drug-likeness (QED) is 0.898. The Morgan fingerprint density at radius 2 is 1.70 bits per heavy atom. The zero-order chi connectivity index (χ0) is 13.9. The number of rotatable bonds is 2. The number of nitrogens with two attached hydrogens (primary N) is 1. The van der Waals surface area contributed by atoms with E-state index < -0.39 is 0 Å². The van der Waals surface area contributed by atoms with Crippen LogP contribution in [-0.4, -0.2) is 18.1 Å². The second-order valence-electron chi connectivity index (χ2n) is 7.43. The summed E-state index contributed by atoms with van der Waals surface area (Å²) in [6, 6.07) is 2.93. The van der Waals surface area contributed by atoms with Gasteiger partial charge in [-0.25, -0.2) is 4.98 Å². The first-order chi connectivity index (χ1) is 9.61. The smallest absolute Gasteiger partial charge is 0.126 e. The van der Waals surface area contributed by atoms with Crippen molar-refractivity contribution in [1.29, 1.82) is 0 Å².